The first-order valence-electron chi connectivity index (χ1n) is 18.2. The molecule has 2 aliphatic heterocycles. The fourth-order valence-corrected chi connectivity index (χ4v) is 8.90. The largest absolute Gasteiger partial charge is 0.748 e. The van der Waals surface area contributed by atoms with E-state index in [1.807, 2.05) is 60.7 Å². The molecule has 298 valence electrons. The second-order valence-corrected chi connectivity index (χ2v) is 17.2. The van der Waals surface area contributed by atoms with E-state index >= 15 is 0 Å². The first kappa shape index (κ1) is 42.4. The number of halogens is 3. The molecule has 5 rings (SSSR count). The van der Waals surface area contributed by atoms with Crippen LogP contribution in [0.1, 0.15) is 77.3 Å². The Morgan fingerprint density at radius 2 is 1.65 bits per heavy atom. The third-order valence-electron chi connectivity index (χ3n) is 10.6. The van der Waals surface area contributed by atoms with Crippen LogP contribution in [0.15, 0.2) is 95.4 Å². The summed E-state index contributed by atoms with van der Waals surface area (Å²) in [6.07, 6.45) is 5.33. The van der Waals surface area contributed by atoms with Crippen LogP contribution < -0.4 is 10.2 Å². The van der Waals surface area contributed by atoms with Gasteiger partial charge in [-0.2, -0.15) is 22.1 Å². The Bertz CT molecular complexity index is 2040. The predicted molar refractivity (Wildman–Crippen MR) is 204 cm³/mol. The molecule has 2 heterocycles. The Hall–Kier alpha value is -3.73. The number of amides is 1. The molecular weight excluding hydrogens is 756 g/mol. The maximum atomic E-state index is 13.9. The minimum absolute atomic E-state index is 0.191. The van der Waals surface area contributed by atoms with Gasteiger partial charge in [-0.3, -0.25) is 9.83 Å². The van der Waals surface area contributed by atoms with Gasteiger partial charge in [0, 0.05) is 78.1 Å². The summed E-state index contributed by atoms with van der Waals surface area (Å²) in [4.78, 5) is 15.7. The van der Waals surface area contributed by atoms with Gasteiger partial charge >= 0.3 is 12.1 Å². The van der Waals surface area contributed by atoms with Crippen LogP contribution >= 0.6 is 12.0 Å². The maximum Gasteiger partial charge on any atom is 0.471 e. The summed E-state index contributed by atoms with van der Waals surface area (Å²) in [5.41, 5.74) is 6.39. The number of hydrogen-bond acceptors (Lipinski definition) is 9. The standard InChI is InChI=1S/C40H48F3N3O7S2/c1-38(2)30-14-6-8-16-32(30)45(24-10-12-26-54-53-52-48)34(38)22-20-28-18-19-29(36(28)44(5)37(47)40(41,42)43)21-23-35-39(3,4)31-15-7-9-17-33(31)46(35)25-11-13-27-55(49,50)51/h6-9,14-17,20-23H,10-13,18-19,24-27H2,1-5H3,(H-,48,49,50,51)/p-1. The number of anilines is 1. The molecular formula is C40H47F3N3O7S2-. The lowest BCUT2D eigenvalue weighted by Crippen LogP contribution is -2.38. The number of benzene rings is 2. The minimum atomic E-state index is -5.09. The highest BCUT2D eigenvalue weighted by atomic mass is 32.2. The molecule has 0 unspecified atom stereocenters. The van der Waals surface area contributed by atoms with Crippen LogP contribution in [0, 0.1) is 0 Å². The molecule has 10 nitrogen and oxygen atoms in total. The highest BCUT2D eigenvalue weighted by Crippen LogP contribution is 2.48. The third kappa shape index (κ3) is 9.46. The summed E-state index contributed by atoms with van der Waals surface area (Å²) >= 11 is 0.935. The number of carbonyl (C=O) groups excluding carboxylic acids is 1. The number of unbranched alkanes of at least 4 members (excludes halogenated alkanes) is 2. The predicted octanol–water partition coefficient (Wildman–Crippen LogP) is 7.27. The van der Waals surface area contributed by atoms with Crippen molar-refractivity contribution < 1.29 is 50.1 Å². The van der Waals surface area contributed by atoms with Crippen molar-refractivity contribution in [3.05, 3.63) is 107 Å². The average molecular weight is 803 g/mol. The summed E-state index contributed by atoms with van der Waals surface area (Å²) in [6, 6.07) is 15.9. The summed E-state index contributed by atoms with van der Waals surface area (Å²) in [7, 11) is -3.20. The number of para-hydroxylation sites is 2. The zero-order valence-corrected chi connectivity index (χ0v) is 33.3. The molecule has 2 aromatic rings. The van der Waals surface area contributed by atoms with Crippen molar-refractivity contribution in [3.63, 3.8) is 0 Å². The molecule has 0 bridgehead atoms. The van der Waals surface area contributed by atoms with Gasteiger partial charge in [0.05, 0.1) is 21.2 Å². The van der Waals surface area contributed by atoms with Gasteiger partial charge < -0.3 is 19.6 Å². The number of carbonyl (C=O) groups is 1. The third-order valence-corrected chi connectivity index (χ3v) is 12.0. The van der Waals surface area contributed by atoms with Crippen molar-refractivity contribution in [1.82, 2.24) is 4.90 Å². The zero-order chi connectivity index (χ0) is 40.2. The summed E-state index contributed by atoms with van der Waals surface area (Å²) < 4.78 is 82.1. The van der Waals surface area contributed by atoms with E-state index in [0.717, 1.165) is 65.8 Å². The summed E-state index contributed by atoms with van der Waals surface area (Å²) in [5, 5.41) is 13.6. The van der Waals surface area contributed by atoms with E-state index in [1.54, 1.807) is 6.08 Å². The van der Waals surface area contributed by atoms with Crippen molar-refractivity contribution in [3.8, 4) is 0 Å². The molecule has 0 radical (unpaired) electrons. The van der Waals surface area contributed by atoms with E-state index in [2.05, 4.69) is 52.6 Å². The second-order valence-electron chi connectivity index (χ2n) is 14.9. The van der Waals surface area contributed by atoms with E-state index < -0.39 is 38.8 Å². The molecule has 0 saturated carbocycles. The van der Waals surface area contributed by atoms with Crippen molar-refractivity contribution in [2.75, 3.05) is 36.5 Å². The Labute approximate surface area is 325 Å². The first-order valence-corrected chi connectivity index (χ1v) is 20.7. The highest BCUT2D eigenvalue weighted by molar-refractivity contribution is 7.94. The molecule has 55 heavy (non-hydrogen) atoms. The Balaban J connectivity index is 1.54. The topological polar surface area (TPSA) is 125 Å². The maximum absolute atomic E-state index is 13.9. The highest BCUT2D eigenvalue weighted by Gasteiger charge is 2.46. The fraction of sp³-hybridized carbons (Fsp3) is 0.450. The van der Waals surface area contributed by atoms with Gasteiger partial charge in [-0.1, -0.05) is 62.4 Å². The van der Waals surface area contributed by atoms with E-state index in [1.165, 1.54) is 0 Å². The number of alkyl halides is 3. The lowest BCUT2D eigenvalue weighted by Gasteiger charge is -2.27. The summed E-state index contributed by atoms with van der Waals surface area (Å²) in [5.74, 6) is -1.88. The van der Waals surface area contributed by atoms with Gasteiger partial charge in [-0.15, -0.1) is 0 Å². The molecule has 0 aromatic heterocycles. The van der Waals surface area contributed by atoms with Crippen LogP contribution in [0.5, 0.6) is 0 Å². The molecule has 0 spiro atoms. The van der Waals surface area contributed by atoms with Gasteiger partial charge in [0.25, 0.3) is 0 Å². The Kier molecular flexibility index (Phi) is 13.3. The molecule has 15 heteroatoms. The number of allylic oxidation sites excluding steroid dienone is 7. The monoisotopic (exact) mass is 802 g/mol. The van der Waals surface area contributed by atoms with E-state index in [9.17, 15) is 36.2 Å². The lowest BCUT2D eigenvalue weighted by atomic mass is 9.81. The van der Waals surface area contributed by atoms with E-state index in [0.29, 0.717) is 54.2 Å². The first-order chi connectivity index (χ1) is 25.9. The molecule has 0 atom stereocenters. The molecule has 2 aromatic carbocycles. The quantitative estimate of drug-likeness (QED) is 0.0430. The molecule has 3 aliphatic rings. The second kappa shape index (κ2) is 17.2. The van der Waals surface area contributed by atoms with Crippen molar-refractivity contribution in [2.45, 2.75) is 83.2 Å². The average Bonchev–Trinajstić information content (AvgIpc) is 3.70. The number of likely N-dealkylation sites (N-methyl/N-ethyl adjacent to an activating group) is 1. The Morgan fingerprint density at radius 1 is 0.964 bits per heavy atom. The lowest BCUT2D eigenvalue weighted by molar-refractivity contribution is -0.777. The van der Waals surface area contributed by atoms with Gasteiger partial charge in [0.2, 0.25) is 5.69 Å². The van der Waals surface area contributed by atoms with Crippen molar-refractivity contribution in [1.29, 1.82) is 0 Å². The van der Waals surface area contributed by atoms with Crippen molar-refractivity contribution >= 4 is 45.2 Å². The smallest absolute Gasteiger partial charge is 0.471 e. The van der Waals surface area contributed by atoms with Gasteiger partial charge in [0.15, 0.2) is 5.71 Å². The zero-order valence-electron chi connectivity index (χ0n) is 31.6. The minimum Gasteiger partial charge on any atom is -0.748 e. The van der Waals surface area contributed by atoms with Crippen LogP contribution in [-0.2, 0) is 35.1 Å². The normalized spacial score (nSPS) is 19.3. The van der Waals surface area contributed by atoms with Crippen molar-refractivity contribution in [2.24, 2.45) is 0 Å². The van der Waals surface area contributed by atoms with E-state index in [-0.39, 0.29) is 12.1 Å². The fourth-order valence-electron chi connectivity index (χ4n) is 7.92. The van der Waals surface area contributed by atoms with Crippen LogP contribution in [0.25, 0.3) is 0 Å². The van der Waals surface area contributed by atoms with Gasteiger partial charge in [-0.25, -0.2) is 8.42 Å². The van der Waals surface area contributed by atoms with E-state index in [4.69, 9.17) is 0 Å². The van der Waals surface area contributed by atoms with Gasteiger partial charge in [0.1, 0.15) is 6.54 Å². The molecule has 0 N–H and O–H groups in total. The number of hydrogen-bond donors (Lipinski definition) is 0. The van der Waals surface area contributed by atoms with Gasteiger partial charge in [-0.05, 0) is 74.8 Å². The molecule has 0 fully saturated rings. The van der Waals surface area contributed by atoms with Crippen LogP contribution in [0.4, 0.5) is 24.5 Å². The van der Waals surface area contributed by atoms with Crippen LogP contribution in [0.3, 0.4) is 0 Å². The molecule has 0 saturated heterocycles. The van der Waals surface area contributed by atoms with Crippen LogP contribution in [-0.4, -0.2) is 71.9 Å². The molecule has 1 aliphatic carbocycles. The number of rotatable bonds is 16. The Morgan fingerprint density at radius 3 is 2.35 bits per heavy atom. The molecule has 1 amide bonds. The SMILES string of the molecule is CN(C(=O)C(F)(F)F)C1=C(/C=C/C2=[N+](CCCCS(=O)(=O)[O-])c3ccccc3C2(C)C)CC/C1=C\C=C1\N(CCCCSOO[O-])c2ccccc2C1(C)C. The summed E-state index contributed by atoms with van der Waals surface area (Å²) in [6.45, 7) is 9.40. The number of nitrogens with zero attached hydrogens (tertiary/aromatic N) is 3. The van der Waals surface area contributed by atoms with Crippen LogP contribution in [0.2, 0.25) is 0 Å². The number of fused-ring (bicyclic) bond motifs is 2.